The van der Waals surface area contributed by atoms with Gasteiger partial charge in [-0.15, -0.1) is 0 Å². The summed E-state index contributed by atoms with van der Waals surface area (Å²) in [5, 5.41) is 1.39. The molecule has 6 heteroatoms. The van der Waals surface area contributed by atoms with Crippen molar-refractivity contribution in [1.82, 2.24) is 0 Å². The van der Waals surface area contributed by atoms with Gasteiger partial charge in [0, 0.05) is 11.1 Å². The molecule has 78 valence electrons. The van der Waals surface area contributed by atoms with Gasteiger partial charge in [0.1, 0.15) is 10.1 Å². The molecule has 0 aliphatic carbocycles. The summed E-state index contributed by atoms with van der Waals surface area (Å²) in [6.45, 7) is 0. The van der Waals surface area contributed by atoms with Crippen LogP contribution in [-0.4, -0.2) is 13.0 Å². The molecule has 16 heavy (non-hydrogen) atoms. The van der Waals surface area contributed by atoms with Gasteiger partial charge >= 0.3 is 29.6 Å². The second-order valence-corrected chi connectivity index (χ2v) is 4.56. The van der Waals surface area contributed by atoms with Crippen molar-refractivity contribution in [3.05, 3.63) is 36.4 Å². The van der Waals surface area contributed by atoms with E-state index < -0.39 is 10.1 Å². The molecule has 0 spiro atoms. The van der Waals surface area contributed by atoms with E-state index in [9.17, 15) is 13.0 Å². The molecule has 4 nitrogen and oxygen atoms in total. The molecule has 0 unspecified atom stereocenters. The molecule has 0 saturated carbocycles. The summed E-state index contributed by atoms with van der Waals surface area (Å²) in [7, 11) is -4.40. The van der Waals surface area contributed by atoms with Crippen LogP contribution in [0.25, 0.3) is 10.8 Å². The topological polar surface area (TPSA) is 83.2 Å². The fraction of sp³-hybridized carbons (Fsp3) is 0. The number of fused-ring (bicyclic) bond motifs is 1. The smallest absolute Gasteiger partial charge is 0.744 e. The first-order chi connectivity index (χ1) is 6.98. The first-order valence-electron chi connectivity index (χ1n) is 4.22. The van der Waals surface area contributed by atoms with Crippen molar-refractivity contribution in [2.24, 2.45) is 0 Å². The van der Waals surface area contributed by atoms with Gasteiger partial charge in [0.05, 0.1) is 4.90 Å². The molecular formula is C10H8NNaO3S. The Morgan fingerprint density at radius 2 is 1.81 bits per heavy atom. The third-order valence-electron chi connectivity index (χ3n) is 2.17. The van der Waals surface area contributed by atoms with E-state index in [0.29, 0.717) is 11.1 Å². The first kappa shape index (κ1) is 13.5. The summed E-state index contributed by atoms with van der Waals surface area (Å²) in [5.41, 5.74) is 6.25. The van der Waals surface area contributed by atoms with Gasteiger partial charge in [0.15, 0.2) is 0 Å². The van der Waals surface area contributed by atoms with Gasteiger partial charge in [-0.25, -0.2) is 8.42 Å². The molecule has 0 fully saturated rings. The zero-order chi connectivity index (χ0) is 11.1. The maximum absolute atomic E-state index is 10.8. The van der Waals surface area contributed by atoms with Crippen LogP contribution in [0.4, 0.5) is 5.69 Å². The summed E-state index contributed by atoms with van der Waals surface area (Å²) < 4.78 is 32.3. The van der Waals surface area contributed by atoms with Crippen LogP contribution < -0.4 is 35.3 Å². The quantitative estimate of drug-likeness (QED) is 0.370. The van der Waals surface area contributed by atoms with Crippen molar-refractivity contribution in [3.8, 4) is 0 Å². The minimum Gasteiger partial charge on any atom is -0.744 e. The molecule has 0 bridgehead atoms. The third-order valence-corrected chi connectivity index (χ3v) is 3.01. The van der Waals surface area contributed by atoms with Gasteiger partial charge in [-0.1, -0.05) is 18.2 Å². The van der Waals surface area contributed by atoms with E-state index in [0.717, 1.165) is 5.39 Å². The Morgan fingerprint density at radius 1 is 1.12 bits per heavy atom. The fourth-order valence-corrected chi connectivity index (χ4v) is 1.95. The molecule has 0 heterocycles. The van der Waals surface area contributed by atoms with Crippen molar-refractivity contribution < 1.29 is 42.5 Å². The summed E-state index contributed by atoms with van der Waals surface area (Å²) in [6.07, 6.45) is 0. The van der Waals surface area contributed by atoms with Gasteiger partial charge < -0.3 is 10.3 Å². The number of nitrogen functional groups attached to an aromatic ring is 1. The van der Waals surface area contributed by atoms with Gasteiger partial charge in [-0.2, -0.15) is 0 Å². The monoisotopic (exact) mass is 245 g/mol. The van der Waals surface area contributed by atoms with Crippen LogP contribution in [0.15, 0.2) is 41.3 Å². The molecule has 0 atom stereocenters. The Bertz CT molecular complexity index is 625. The Kier molecular flexibility index (Phi) is 3.98. The van der Waals surface area contributed by atoms with E-state index >= 15 is 0 Å². The molecule has 2 aromatic rings. The summed E-state index contributed by atoms with van der Waals surface area (Å²) in [6, 6.07) is 9.26. The van der Waals surface area contributed by atoms with Gasteiger partial charge in [-0.05, 0) is 23.6 Å². The molecule has 0 aliphatic heterocycles. The molecule has 2 rings (SSSR count). The van der Waals surface area contributed by atoms with Crippen LogP contribution in [0.5, 0.6) is 0 Å². The second-order valence-electron chi connectivity index (χ2n) is 3.18. The SMILES string of the molecule is Nc1cccc2cc(S(=O)(=O)[O-])ccc12.[Na+]. The zero-order valence-electron chi connectivity index (χ0n) is 8.67. The average molecular weight is 245 g/mol. The van der Waals surface area contributed by atoms with Crippen LogP contribution in [-0.2, 0) is 10.1 Å². The third kappa shape index (κ3) is 2.56. The molecule has 0 radical (unpaired) electrons. The summed E-state index contributed by atoms with van der Waals surface area (Å²) >= 11 is 0. The average Bonchev–Trinajstić information content (AvgIpc) is 2.16. The van der Waals surface area contributed by atoms with E-state index in [2.05, 4.69) is 0 Å². The number of rotatable bonds is 1. The number of nitrogens with two attached hydrogens (primary N) is 1. The molecule has 0 aromatic heterocycles. The van der Waals surface area contributed by atoms with E-state index in [-0.39, 0.29) is 34.5 Å². The van der Waals surface area contributed by atoms with Crippen LogP contribution >= 0.6 is 0 Å². The first-order valence-corrected chi connectivity index (χ1v) is 5.63. The number of benzene rings is 2. The second kappa shape index (κ2) is 4.73. The van der Waals surface area contributed by atoms with Crippen LogP contribution in [0.2, 0.25) is 0 Å². The van der Waals surface area contributed by atoms with E-state index in [4.69, 9.17) is 5.73 Å². The van der Waals surface area contributed by atoms with Crippen molar-refractivity contribution in [2.45, 2.75) is 4.90 Å². The maximum atomic E-state index is 10.8. The molecule has 0 saturated heterocycles. The largest absolute Gasteiger partial charge is 1.00 e. The van der Waals surface area contributed by atoms with Crippen LogP contribution in [0.3, 0.4) is 0 Å². The van der Waals surface area contributed by atoms with Crippen molar-refractivity contribution in [3.63, 3.8) is 0 Å². The summed E-state index contributed by atoms with van der Waals surface area (Å²) in [4.78, 5) is -0.236. The van der Waals surface area contributed by atoms with Crippen molar-refractivity contribution >= 4 is 26.6 Å². The molecule has 2 N–H and O–H groups in total. The zero-order valence-corrected chi connectivity index (χ0v) is 11.5. The van der Waals surface area contributed by atoms with E-state index in [1.807, 2.05) is 0 Å². The maximum Gasteiger partial charge on any atom is 1.00 e. The Morgan fingerprint density at radius 3 is 2.44 bits per heavy atom. The molecule has 0 amide bonds. The van der Waals surface area contributed by atoms with E-state index in [1.165, 1.54) is 18.2 Å². The molecular weight excluding hydrogens is 237 g/mol. The Labute approximate surface area is 115 Å². The molecule has 0 aliphatic rings. The molecule has 2 aromatic carbocycles. The van der Waals surface area contributed by atoms with Crippen LogP contribution in [0.1, 0.15) is 0 Å². The standard InChI is InChI=1S/C10H9NO3S.Na/c11-10-3-1-2-7-6-8(15(12,13)14)4-5-9(7)10;/h1-6H,11H2,(H,12,13,14);/q;+1/p-1. The van der Waals surface area contributed by atoms with Gasteiger partial charge in [-0.3, -0.25) is 0 Å². The minimum atomic E-state index is -4.40. The Balaban J connectivity index is 0.00000128. The number of anilines is 1. The van der Waals surface area contributed by atoms with E-state index in [1.54, 1.807) is 18.2 Å². The predicted octanol–water partition coefficient (Wildman–Crippen LogP) is -1.67. The predicted molar refractivity (Wildman–Crippen MR) is 56.3 cm³/mol. The van der Waals surface area contributed by atoms with Gasteiger partial charge in [0.25, 0.3) is 0 Å². The van der Waals surface area contributed by atoms with Crippen LogP contribution in [0, 0.1) is 0 Å². The number of hydrogen-bond donors (Lipinski definition) is 1. The number of hydrogen-bond acceptors (Lipinski definition) is 4. The van der Waals surface area contributed by atoms with Crippen molar-refractivity contribution in [2.75, 3.05) is 5.73 Å². The van der Waals surface area contributed by atoms with Crippen molar-refractivity contribution in [1.29, 1.82) is 0 Å². The normalized spacial score (nSPS) is 11.1. The minimum absolute atomic E-state index is 0. The fourth-order valence-electron chi connectivity index (χ4n) is 1.44. The Hall–Kier alpha value is -0.590. The van der Waals surface area contributed by atoms with Gasteiger partial charge in [0.2, 0.25) is 0 Å². The summed E-state index contributed by atoms with van der Waals surface area (Å²) in [5.74, 6) is 0.